The van der Waals surface area contributed by atoms with Gasteiger partial charge in [-0.3, -0.25) is 0 Å². The van der Waals surface area contributed by atoms with E-state index in [9.17, 15) is 0 Å². The second-order valence-corrected chi connectivity index (χ2v) is 14.5. The van der Waals surface area contributed by atoms with Gasteiger partial charge in [-0.25, -0.2) is 15.0 Å². The summed E-state index contributed by atoms with van der Waals surface area (Å²) in [5.74, 6) is 1.97. The molecule has 0 radical (unpaired) electrons. The van der Waals surface area contributed by atoms with Crippen LogP contribution in [0.2, 0.25) is 0 Å². The molecule has 0 N–H and O–H groups in total. The largest absolute Gasteiger partial charge is 0.208 e. The summed E-state index contributed by atoms with van der Waals surface area (Å²) < 4.78 is 5.06. The fourth-order valence-corrected chi connectivity index (χ4v) is 9.23. The molecule has 0 amide bonds. The molecule has 3 nitrogen and oxygen atoms in total. The molecule has 0 atom stereocenters. The number of fused-ring (bicyclic) bond motifs is 6. The Morgan fingerprint density at radius 2 is 0.840 bits per heavy atom. The molecule has 0 aliphatic rings. The quantitative estimate of drug-likeness (QED) is 0.182. The summed E-state index contributed by atoms with van der Waals surface area (Å²) in [7, 11) is 0. The summed E-state index contributed by atoms with van der Waals surface area (Å²) in [6.07, 6.45) is 0. The first-order valence-corrected chi connectivity index (χ1v) is 18.2. The number of benzene rings is 7. The smallest absolute Gasteiger partial charge is 0.165 e. The zero-order valence-electron chi connectivity index (χ0n) is 26.7. The van der Waals surface area contributed by atoms with E-state index in [2.05, 4.69) is 158 Å². The Hall–Kier alpha value is -6.01. The number of thiophene rings is 2. The van der Waals surface area contributed by atoms with Crippen LogP contribution < -0.4 is 0 Å². The summed E-state index contributed by atoms with van der Waals surface area (Å²) in [4.78, 5) is 15.5. The van der Waals surface area contributed by atoms with Crippen molar-refractivity contribution in [3.05, 3.63) is 164 Å². The van der Waals surface area contributed by atoms with E-state index in [-0.39, 0.29) is 0 Å². The van der Waals surface area contributed by atoms with Crippen LogP contribution in [-0.2, 0) is 0 Å². The van der Waals surface area contributed by atoms with Gasteiger partial charge in [-0.1, -0.05) is 133 Å². The summed E-state index contributed by atoms with van der Waals surface area (Å²) in [5.41, 5.74) is 7.49. The zero-order valence-corrected chi connectivity index (χ0v) is 28.4. The van der Waals surface area contributed by atoms with E-state index in [4.69, 9.17) is 15.0 Å². The third-order valence-corrected chi connectivity index (χ3v) is 11.8. The maximum Gasteiger partial charge on any atom is 0.165 e. The summed E-state index contributed by atoms with van der Waals surface area (Å²) >= 11 is 3.63. The molecule has 0 unspecified atom stereocenters. The Balaban J connectivity index is 1.13. The molecule has 234 valence electrons. The highest BCUT2D eigenvalue weighted by Crippen LogP contribution is 2.41. The number of rotatable bonds is 5. The van der Waals surface area contributed by atoms with E-state index in [1.165, 1.54) is 45.9 Å². The van der Waals surface area contributed by atoms with E-state index in [1.807, 2.05) is 17.4 Å². The van der Waals surface area contributed by atoms with E-state index in [0.29, 0.717) is 17.5 Å². The number of hydrogen-bond donors (Lipinski definition) is 0. The molecule has 50 heavy (non-hydrogen) atoms. The third-order valence-electron chi connectivity index (χ3n) is 9.39. The van der Waals surface area contributed by atoms with Crippen LogP contribution in [0.5, 0.6) is 0 Å². The first-order chi connectivity index (χ1) is 24.8. The average Bonchev–Trinajstić information content (AvgIpc) is 3.76. The van der Waals surface area contributed by atoms with Crippen LogP contribution in [0.3, 0.4) is 0 Å². The highest BCUT2D eigenvalue weighted by molar-refractivity contribution is 7.26. The molecule has 7 aromatic carbocycles. The van der Waals surface area contributed by atoms with Gasteiger partial charge in [0.2, 0.25) is 0 Å². The van der Waals surface area contributed by atoms with Gasteiger partial charge in [-0.15, -0.1) is 22.7 Å². The molecule has 0 bridgehead atoms. The third kappa shape index (κ3) is 4.90. The van der Waals surface area contributed by atoms with E-state index < -0.39 is 0 Å². The maximum absolute atomic E-state index is 5.21. The fourth-order valence-electron chi connectivity index (χ4n) is 6.93. The van der Waals surface area contributed by atoms with Crippen molar-refractivity contribution < 1.29 is 0 Å². The lowest BCUT2D eigenvalue weighted by molar-refractivity contribution is 1.08. The first kappa shape index (κ1) is 29.0. The van der Waals surface area contributed by atoms with Gasteiger partial charge < -0.3 is 0 Å². The molecule has 10 aromatic rings. The summed E-state index contributed by atoms with van der Waals surface area (Å²) in [6, 6.07) is 57.9. The zero-order chi connectivity index (χ0) is 33.0. The van der Waals surface area contributed by atoms with Crippen LogP contribution in [0.1, 0.15) is 0 Å². The fraction of sp³-hybridized carbons (Fsp3) is 0. The molecule has 0 saturated carbocycles. The molecule has 0 aliphatic carbocycles. The maximum atomic E-state index is 5.21. The molecule has 5 heteroatoms. The normalized spacial score (nSPS) is 11.6. The van der Waals surface area contributed by atoms with Gasteiger partial charge in [-0.2, -0.15) is 0 Å². The van der Waals surface area contributed by atoms with Crippen LogP contribution in [0.25, 0.3) is 96.8 Å². The lowest BCUT2D eigenvalue weighted by Gasteiger charge is -2.12. The minimum Gasteiger partial charge on any atom is -0.208 e. The van der Waals surface area contributed by atoms with Gasteiger partial charge in [0.15, 0.2) is 17.5 Å². The van der Waals surface area contributed by atoms with Gasteiger partial charge in [-0.05, 0) is 52.6 Å². The van der Waals surface area contributed by atoms with Gasteiger partial charge in [0.05, 0.1) is 0 Å². The van der Waals surface area contributed by atoms with Crippen molar-refractivity contribution in [1.29, 1.82) is 0 Å². The Kier molecular flexibility index (Phi) is 6.86. The molecule has 0 spiro atoms. The van der Waals surface area contributed by atoms with Crippen LogP contribution in [0, 0.1) is 0 Å². The molecule has 10 rings (SSSR count). The van der Waals surface area contributed by atoms with Crippen LogP contribution in [0.15, 0.2) is 164 Å². The Morgan fingerprint density at radius 1 is 0.300 bits per heavy atom. The molecule has 0 fully saturated rings. The molecule has 0 saturated heterocycles. The van der Waals surface area contributed by atoms with Crippen molar-refractivity contribution >= 4 is 63.0 Å². The lowest BCUT2D eigenvalue weighted by atomic mass is 9.99. The molecule has 3 aromatic heterocycles. The van der Waals surface area contributed by atoms with Gasteiger partial charge in [0.25, 0.3) is 0 Å². The number of nitrogens with zero attached hydrogens (tertiary/aromatic N) is 3. The standard InChI is InChI=1S/C45H27N3S2/c1-2-11-29(12-3-1)32-13-4-5-16-36(32)44-46-43(47-45(48-44)37-18-10-17-35-33-14-6-9-20-40(33)50-42(35)37)30-23-21-28(22-24-30)31-25-26-41-38(27-31)34-15-7-8-19-39(34)49-41/h1-27H. The number of hydrogen-bond acceptors (Lipinski definition) is 5. The average molecular weight is 674 g/mol. The highest BCUT2D eigenvalue weighted by atomic mass is 32.1. The van der Waals surface area contributed by atoms with Crippen LogP contribution in [-0.4, -0.2) is 15.0 Å². The second-order valence-electron chi connectivity index (χ2n) is 12.4. The van der Waals surface area contributed by atoms with E-state index >= 15 is 0 Å². The highest BCUT2D eigenvalue weighted by Gasteiger charge is 2.18. The Labute approximate surface area is 296 Å². The molecule has 3 heterocycles. The van der Waals surface area contributed by atoms with E-state index in [0.717, 1.165) is 33.4 Å². The number of aromatic nitrogens is 3. The van der Waals surface area contributed by atoms with Gasteiger partial charge in [0, 0.05) is 57.0 Å². The second kappa shape index (κ2) is 11.8. The topological polar surface area (TPSA) is 38.7 Å². The lowest BCUT2D eigenvalue weighted by Crippen LogP contribution is -2.01. The van der Waals surface area contributed by atoms with Gasteiger partial charge >= 0.3 is 0 Å². The van der Waals surface area contributed by atoms with Crippen LogP contribution >= 0.6 is 22.7 Å². The molecular formula is C45H27N3S2. The van der Waals surface area contributed by atoms with Crippen molar-refractivity contribution in [3.8, 4) is 56.4 Å². The predicted octanol–water partition coefficient (Wildman–Crippen LogP) is 12.9. The van der Waals surface area contributed by atoms with Crippen molar-refractivity contribution in [1.82, 2.24) is 15.0 Å². The molecular weight excluding hydrogens is 647 g/mol. The SMILES string of the molecule is c1ccc(-c2ccccc2-c2nc(-c3ccc(-c4ccc5sc6ccccc6c5c4)cc3)nc(-c3cccc4c3sc3ccccc34)n2)cc1. The minimum absolute atomic E-state index is 0.650. The van der Waals surface area contributed by atoms with Gasteiger partial charge in [0.1, 0.15) is 0 Å². The minimum atomic E-state index is 0.650. The Morgan fingerprint density at radius 3 is 1.64 bits per heavy atom. The molecule has 0 aliphatic heterocycles. The van der Waals surface area contributed by atoms with Crippen molar-refractivity contribution in [2.24, 2.45) is 0 Å². The van der Waals surface area contributed by atoms with E-state index in [1.54, 1.807) is 11.3 Å². The summed E-state index contributed by atoms with van der Waals surface area (Å²) in [6.45, 7) is 0. The van der Waals surface area contributed by atoms with Crippen molar-refractivity contribution in [3.63, 3.8) is 0 Å². The monoisotopic (exact) mass is 673 g/mol. The van der Waals surface area contributed by atoms with Crippen LogP contribution in [0.4, 0.5) is 0 Å². The first-order valence-electron chi connectivity index (χ1n) is 16.6. The predicted molar refractivity (Wildman–Crippen MR) is 213 cm³/mol. The summed E-state index contributed by atoms with van der Waals surface area (Å²) in [5, 5.41) is 5.07. The van der Waals surface area contributed by atoms with Crippen molar-refractivity contribution in [2.75, 3.05) is 0 Å². The van der Waals surface area contributed by atoms with Crippen molar-refractivity contribution in [2.45, 2.75) is 0 Å². The Bertz CT molecular complexity index is 2870.